The van der Waals surface area contributed by atoms with E-state index in [4.69, 9.17) is 0 Å². The average Bonchev–Trinajstić information content (AvgIpc) is 3.17. The van der Waals surface area contributed by atoms with Gasteiger partial charge in [-0.05, 0) is 0 Å². The third-order valence-electron chi connectivity index (χ3n) is 11.9. The molecule has 0 unspecified atom stereocenters. The first-order chi connectivity index (χ1) is 26.1. The molecule has 0 amide bonds. The summed E-state index contributed by atoms with van der Waals surface area (Å²) in [4.78, 5) is 0. The van der Waals surface area contributed by atoms with Gasteiger partial charge < -0.3 is 0 Å². The average molecular weight is 829 g/mol. The van der Waals surface area contributed by atoms with Crippen LogP contribution in [0, 0.1) is 0 Å². The van der Waals surface area contributed by atoms with Crippen molar-refractivity contribution >= 4 is 0 Å². The van der Waals surface area contributed by atoms with E-state index in [-0.39, 0.29) is 0 Å². The summed E-state index contributed by atoms with van der Waals surface area (Å²) in [5, 5.41) is 0. The summed E-state index contributed by atoms with van der Waals surface area (Å²) in [6.45, 7) is 30.1. The summed E-state index contributed by atoms with van der Waals surface area (Å²) in [5.41, 5.74) is 0. The number of rotatable bonds is 44. The Hall–Kier alpha value is 0.723. The van der Waals surface area contributed by atoms with Gasteiger partial charge in [-0.2, -0.15) is 0 Å². The molecule has 0 aliphatic heterocycles. The van der Waals surface area contributed by atoms with Crippen LogP contribution in [0.1, 0.15) is 261 Å². The molecule has 0 saturated carbocycles. The molecule has 4 nitrogen and oxygen atoms in total. The molecule has 0 radical (unpaired) electrons. The van der Waals surface area contributed by atoms with E-state index in [2.05, 4.69) is 66.8 Å². The summed E-state index contributed by atoms with van der Waals surface area (Å²) in [6.07, 6.45) is 44.5. The van der Waals surface area contributed by atoms with Crippen LogP contribution in [0.2, 0.25) is 0 Å². The Balaban J connectivity index is 7.79. The fourth-order valence-corrected chi connectivity index (χ4v) is 23.6. The van der Waals surface area contributed by atoms with E-state index in [1.807, 2.05) is 0 Å². The molecular formula is C48H104N4Zr. The molecule has 0 atom stereocenters. The maximum atomic E-state index is 3.39. The quantitative estimate of drug-likeness (QED) is 0.0567. The van der Waals surface area contributed by atoms with Crippen molar-refractivity contribution in [3.63, 3.8) is 0 Å². The van der Waals surface area contributed by atoms with E-state index >= 15 is 0 Å². The predicted octanol–water partition coefficient (Wildman–Crippen LogP) is 15.7. The first-order valence-corrected chi connectivity index (χ1v) is 29.5. The topological polar surface area (TPSA) is 13.0 Å². The van der Waals surface area contributed by atoms with Crippen molar-refractivity contribution in [2.75, 3.05) is 52.4 Å². The van der Waals surface area contributed by atoms with Gasteiger partial charge in [-0.1, -0.05) is 0 Å². The first kappa shape index (κ1) is 53.7. The van der Waals surface area contributed by atoms with Crippen LogP contribution in [0.15, 0.2) is 0 Å². The molecule has 0 aromatic carbocycles. The Labute approximate surface area is 344 Å². The summed E-state index contributed by atoms with van der Waals surface area (Å²) in [6, 6.07) is 0. The van der Waals surface area contributed by atoms with Crippen LogP contribution in [0.3, 0.4) is 0 Å². The van der Waals surface area contributed by atoms with Crippen LogP contribution in [0.25, 0.3) is 0 Å². The number of hydrogen-bond acceptors (Lipinski definition) is 4. The fourth-order valence-electron chi connectivity index (χ4n) is 8.68. The van der Waals surface area contributed by atoms with E-state index < -0.39 is 21.4 Å². The molecule has 0 N–H and O–H groups in total. The van der Waals surface area contributed by atoms with E-state index in [9.17, 15) is 0 Å². The Morgan fingerprint density at radius 1 is 0.189 bits per heavy atom. The Morgan fingerprint density at radius 3 is 0.434 bits per heavy atom. The van der Waals surface area contributed by atoms with Crippen molar-refractivity contribution in [1.82, 2.24) is 11.4 Å². The second-order valence-electron chi connectivity index (χ2n) is 17.0. The van der Waals surface area contributed by atoms with Crippen LogP contribution < -0.4 is 0 Å². The van der Waals surface area contributed by atoms with Crippen molar-refractivity contribution < 1.29 is 21.4 Å². The zero-order valence-corrected chi connectivity index (χ0v) is 41.0. The van der Waals surface area contributed by atoms with Gasteiger partial charge >= 0.3 is 346 Å². The minimum absolute atomic E-state index is 1.34. The summed E-state index contributed by atoms with van der Waals surface area (Å²) in [7, 11) is 0. The Morgan fingerprint density at radius 2 is 0.321 bits per heavy atom. The Bertz CT molecular complexity index is 540. The third-order valence-corrected chi connectivity index (χ3v) is 24.7. The molecule has 0 fully saturated rings. The number of nitrogens with zero attached hydrogens (tertiary/aromatic N) is 4. The molecule has 0 bridgehead atoms. The molecule has 0 heterocycles. The van der Waals surface area contributed by atoms with E-state index in [1.165, 1.54) is 258 Å². The molecule has 0 spiro atoms. The molecule has 0 aliphatic rings. The van der Waals surface area contributed by atoms with Gasteiger partial charge in [-0.3, -0.25) is 0 Å². The maximum absolute atomic E-state index is 3.66. The van der Waals surface area contributed by atoms with Crippen LogP contribution in [0.5, 0.6) is 0 Å². The van der Waals surface area contributed by atoms with E-state index in [0.717, 1.165) is 0 Å². The molecule has 0 saturated heterocycles. The molecule has 5 heteroatoms. The third kappa shape index (κ3) is 25.6. The van der Waals surface area contributed by atoms with Gasteiger partial charge in [0.25, 0.3) is 0 Å². The Kier molecular flexibility index (Phi) is 41.5. The van der Waals surface area contributed by atoms with Crippen LogP contribution in [0.4, 0.5) is 0 Å². The van der Waals surface area contributed by atoms with Gasteiger partial charge in [0, 0.05) is 0 Å². The second kappa shape index (κ2) is 40.9. The van der Waals surface area contributed by atoms with Crippen molar-refractivity contribution in [3.05, 3.63) is 0 Å². The van der Waals surface area contributed by atoms with Gasteiger partial charge in [0.1, 0.15) is 0 Å². The molecule has 0 aliphatic carbocycles. The standard InChI is InChI=1S/4C12H26N.Zr/c4*1-3-5-7-9-11-13-12-10-8-6-4-2;/h4*3-12H2,1-2H3;/q4*-1;+4. The summed E-state index contributed by atoms with van der Waals surface area (Å²) >= 11 is -3.66. The summed E-state index contributed by atoms with van der Waals surface area (Å²) < 4.78 is 13.6. The number of unbranched alkanes of at least 4 members (excludes halogenated alkanes) is 24. The van der Waals surface area contributed by atoms with Gasteiger partial charge in [0.15, 0.2) is 0 Å². The fraction of sp³-hybridized carbons (Fsp3) is 1.00. The summed E-state index contributed by atoms with van der Waals surface area (Å²) in [5.74, 6) is 0. The van der Waals surface area contributed by atoms with E-state index in [0.29, 0.717) is 0 Å². The van der Waals surface area contributed by atoms with Gasteiger partial charge in [-0.25, -0.2) is 0 Å². The second-order valence-corrected chi connectivity index (χ2v) is 26.2. The minimum atomic E-state index is -3.66. The van der Waals surface area contributed by atoms with E-state index in [1.54, 1.807) is 0 Å². The van der Waals surface area contributed by atoms with Crippen LogP contribution >= 0.6 is 0 Å². The van der Waals surface area contributed by atoms with Gasteiger partial charge in [-0.15, -0.1) is 0 Å². The van der Waals surface area contributed by atoms with Crippen molar-refractivity contribution in [1.29, 1.82) is 0 Å². The van der Waals surface area contributed by atoms with Crippen molar-refractivity contribution in [2.24, 2.45) is 0 Å². The molecule has 0 aromatic rings. The normalized spacial score (nSPS) is 12.5. The van der Waals surface area contributed by atoms with Gasteiger partial charge in [0.2, 0.25) is 0 Å². The predicted molar refractivity (Wildman–Crippen MR) is 239 cm³/mol. The van der Waals surface area contributed by atoms with Gasteiger partial charge in [0.05, 0.1) is 0 Å². The monoisotopic (exact) mass is 827 g/mol. The zero-order valence-electron chi connectivity index (χ0n) is 38.6. The molecular weight excluding hydrogens is 724 g/mol. The molecule has 0 aromatic heterocycles. The van der Waals surface area contributed by atoms with Crippen molar-refractivity contribution in [3.8, 4) is 0 Å². The van der Waals surface area contributed by atoms with Crippen LogP contribution in [-0.4, -0.2) is 63.7 Å². The first-order valence-electron chi connectivity index (χ1n) is 25.1. The van der Waals surface area contributed by atoms with Crippen molar-refractivity contribution in [2.45, 2.75) is 261 Å². The molecule has 320 valence electrons. The molecule has 0 rings (SSSR count). The molecule has 53 heavy (non-hydrogen) atoms. The zero-order chi connectivity index (χ0) is 39.1. The number of hydrogen-bond donors (Lipinski definition) is 0. The SMILES string of the molecule is CCCCCC[N](CCCCCC)[Zr]([N](CCCCCC)CCCCCC)([N](CCCCCC)CCCCCC)[N](CCCCCC)CCCCCC. The van der Waals surface area contributed by atoms with Crippen LogP contribution in [-0.2, 0) is 21.4 Å².